The molecule has 1 unspecified atom stereocenters. The van der Waals surface area contributed by atoms with Crippen LogP contribution < -0.4 is 14.8 Å². The Balaban J connectivity index is 1.59. The van der Waals surface area contributed by atoms with Gasteiger partial charge in [-0.2, -0.15) is 0 Å². The van der Waals surface area contributed by atoms with Gasteiger partial charge in [0.25, 0.3) is 0 Å². The predicted molar refractivity (Wildman–Crippen MR) is 109 cm³/mol. The van der Waals surface area contributed by atoms with Crippen LogP contribution in [0.1, 0.15) is 24.1 Å². The molecule has 140 valence electrons. The summed E-state index contributed by atoms with van der Waals surface area (Å²) in [6, 6.07) is 19.0. The molecule has 0 saturated heterocycles. The lowest BCUT2D eigenvalue weighted by atomic mass is 10.0. The molecular formula is C23H26N2O2. The first-order valence-electron chi connectivity index (χ1n) is 9.16. The van der Waals surface area contributed by atoms with Crippen LogP contribution in [-0.4, -0.2) is 25.7 Å². The zero-order valence-electron chi connectivity index (χ0n) is 16.1. The lowest BCUT2D eigenvalue weighted by Gasteiger charge is -2.16. The molecule has 0 bridgehead atoms. The van der Waals surface area contributed by atoms with Gasteiger partial charge < -0.3 is 14.8 Å². The maximum absolute atomic E-state index is 5.51. The number of hydrogen-bond donors (Lipinski definition) is 1. The Labute approximate surface area is 161 Å². The molecule has 1 aromatic heterocycles. The zero-order valence-corrected chi connectivity index (χ0v) is 16.1. The number of benzene rings is 2. The van der Waals surface area contributed by atoms with E-state index in [1.165, 1.54) is 16.7 Å². The molecule has 0 aliphatic carbocycles. The second-order valence-corrected chi connectivity index (χ2v) is 6.44. The molecule has 27 heavy (non-hydrogen) atoms. The number of aromatic nitrogens is 1. The summed E-state index contributed by atoms with van der Waals surface area (Å²) in [5, 5.41) is 3.59. The van der Waals surface area contributed by atoms with E-state index in [1.807, 2.05) is 36.7 Å². The van der Waals surface area contributed by atoms with Crippen LogP contribution in [-0.2, 0) is 6.42 Å². The molecule has 0 fully saturated rings. The third kappa shape index (κ3) is 4.66. The third-order valence-electron chi connectivity index (χ3n) is 4.75. The smallest absolute Gasteiger partial charge is 0.163 e. The second-order valence-electron chi connectivity index (χ2n) is 6.44. The minimum Gasteiger partial charge on any atom is -0.493 e. The van der Waals surface area contributed by atoms with Crippen LogP contribution in [0.15, 0.2) is 67.0 Å². The summed E-state index contributed by atoms with van der Waals surface area (Å²) in [5.74, 6) is 1.59. The van der Waals surface area contributed by atoms with Crippen LogP contribution in [0.3, 0.4) is 0 Å². The monoisotopic (exact) mass is 362 g/mol. The second kappa shape index (κ2) is 9.19. The summed E-state index contributed by atoms with van der Waals surface area (Å²) in [4.78, 5) is 4.07. The fourth-order valence-corrected chi connectivity index (χ4v) is 3.20. The average Bonchev–Trinajstić information content (AvgIpc) is 2.74. The van der Waals surface area contributed by atoms with Gasteiger partial charge in [0.1, 0.15) is 0 Å². The summed E-state index contributed by atoms with van der Waals surface area (Å²) in [6.45, 7) is 3.04. The third-order valence-corrected chi connectivity index (χ3v) is 4.75. The van der Waals surface area contributed by atoms with Crippen molar-refractivity contribution in [2.45, 2.75) is 19.4 Å². The summed E-state index contributed by atoms with van der Waals surface area (Å²) < 4.78 is 10.9. The van der Waals surface area contributed by atoms with E-state index in [-0.39, 0.29) is 6.04 Å². The van der Waals surface area contributed by atoms with Crippen molar-refractivity contribution in [3.05, 3.63) is 78.1 Å². The van der Waals surface area contributed by atoms with Crippen molar-refractivity contribution in [1.82, 2.24) is 10.3 Å². The Morgan fingerprint density at radius 1 is 0.889 bits per heavy atom. The van der Waals surface area contributed by atoms with E-state index >= 15 is 0 Å². The van der Waals surface area contributed by atoms with E-state index in [9.17, 15) is 0 Å². The number of ether oxygens (including phenoxy) is 2. The number of para-hydroxylation sites is 1. The predicted octanol–water partition coefficient (Wildman–Crippen LogP) is 4.66. The lowest BCUT2D eigenvalue weighted by molar-refractivity contribution is 0.351. The van der Waals surface area contributed by atoms with Crippen LogP contribution in [0.4, 0.5) is 0 Å². The first kappa shape index (κ1) is 18.9. The van der Waals surface area contributed by atoms with Gasteiger partial charge in [-0.15, -0.1) is 0 Å². The van der Waals surface area contributed by atoms with Gasteiger partial charge in [0.15, 0.2) is 11.5 Å². The van der Waals surface area contributed by atoms with Gasteiger partial charge in [-0.3, -0.25) is 4.98 Å². The van der Waals surface area contributed by atoms with E-state index in [2.05, 4.69) is 47.6 Å². The van der Waals surface area contributed by atoms with Gasteiger partial charge in [0.05, 0.1) is 14.2 Å². The van der Waals surface area contributed by atoms with E-state index in [4.69, 9.17) is 9.47 Å². The molecule has 3 aromatic rings. The largest absolute Gasteiger partial charge is 0.493 e. The molecule has 0 saturated carbocycles. The van der Waals surface area contributed by atoms with Gasteiger partial charge in [-0.25, -0.2) is 0 Å². The molecule has 4 nitrogen and oxygen atoms in total. The van der Waals surface area contributed by atoms with Crippen molar-refractivity contribution in [2.75, 3.05) is 20.8 Å². The van der Waals surface area contributed by atoms with Crippen LogP contribution in [0.2, 0.25) is 0 Å². The molecule has 0 spiro atoms. The number of hydrogen-bond acceptors (Lipinski definition) is 4. The maximum Gasteiger partial charge on any atom is 0.163 e. The minimum absolute atomic E-state index is 0.271. The Bertz CT molecular complexity index is 848. The molecule has 2 aromatic carbocycles. The number of nitrogens with one attached hydrogen (secondary N) is 1. The minimum atomic E-state index is 0.271. The van der Waals surface area contributed by atoms with Crippen molar-refractivity contribution < 1.29 is 9.47 Å². The van der Waals surface area contributed by atoms with Gasteiger partial charge in [-0.05, 0) is 60.3 Å². The van der Waals surface area contributed by atoms with Crippen molar-refractivity contribution in [3.8, 4) is 22.6 Å². The summed E-state index contributed by atoms with van der Waals surface area (Å²) in [7, 11) is 3.35. The molecule has 0 radical (unpaired) electrons. The summed E-state index contributed by atoms with van der Waals surface area (Å²) in [6.07, 6.45) is 4.51. The van der Waals surface area contributed by atoms with Crippen LogP contribution in [0.5, 0.6) is 11.5 Å². The van der Waals surface area contributed by atoms with E-state index in [0.29, 0.717) is 0 Å². The Morgan fingerprint density at radius 2 is 1.59 bits per heavy atom. The van der Waals surface area contributed by atoms with Crippen LogP contribution >= 0.6 is 0 Å². The van der Waals surface area contributed by atoms with Crippen molar-refractivity contribution >= 4 is 0 Å². The Kier molecular flexibility index (Phi) is 6.44. The standard InChI is InChI=1S/C23H26N2O2/c1-17(18-7-9-19(10-8-18)20-11-14-24-15-12-20)25-16-13-21-5-4-6-22(26-2)23(21)27-3/h4-12,14-15,17,25H,13,16H2,1-3H3. The fraction of sp³-hybridized carbons (Fsp3) is 0.261. The quantitative estimate of drug-likeness (QED) is 0.633. The molecule has 0 amide bonds. The van der Waals surface area contributed by atoms with Gasteiger partial charge >= 0.3 is 0 Å². The van der Waals surface area contributed by atoms with Gasteiger partial charge in [0.2, 0.25) is 0 Å². The fourth-order valence-electron chi connectivity index (χ4n) is 3.20. The number of methoxy groups -OCH3 is 2. The molecule has 4 heteroatoms. The van der Waals surface area contributed by atoms with Crippen molar-refractivity contribution in [3.63, 3.8) is 0 Å². The molecular weight excluding hydrogens is 336 g/mol. The number of pyridine rings is 1. The molecule has 3 rings (SSSR count). The lowest BCUT2D eigenvalue weighted by Crippen LogP contribution is -2.21. The molecule has 0 aliphatic rings. The SMILES string of the molecule is COc1cccc(CCNC(C)c2ccc(-c3ccncc3)cc2)c1OC. The van der Waals surface area contributed by atoms with E-state index < -0.39 is 0 Å². The molecule has 1 N–H and O–H groups in total. The van der Waals surface area contributed by atoms with Crippen LogP contribution in [0.25, 0.3) is 11.1 Å². The molecule has 0 aliphatic heterocycles. The topological polar surface area (TPSA) is 43.4 Å². The highest BCUT2D eigenvalue weighted by molar-refractivity contribution is 5.63. The van der Waals surface area contributed by atoms with Crippen molar-refractivity contribution in [1.29, 1.82) is 0 Å². The molecule has 1 atom stereocenters. The van der Waals surface area contributed by atoms with Gasteiger partial charge in [-0.1, -0.05) is 36.4 Å². The Hall–Kier alpha value is -2.85. The highest BCUT2D eigenvalue weighted by Crippen LogP contribution is 2.31. The highest BCUT2D eigenvalue weighted by Gasteiger charge is 2.10. The summed E-state index contributed by atoms with van der Waals surface area (Å²) >= 11 is 0. The molecule has 1 heterocycles. The number of rotatable bonds is 8. The Morgan fingerprint density at radius 3 is 2.26 bits per heavy atom. The average molecular weight is 362 g/mol. The zero-order chi connectivity index (χ0) is 19.1. The van der Waals surface area contributed by atoms with E-state index in [1.54, 1.807) is 14.2 Å². The van der Waals surface area contributed by atoms with Crippen LogP contribution in [0, 0.1) is 0 Å². The van der Waals surface area contributed by atoms with Crippen molar-refractivity contribution in [2.24, 2.45) is 0 Å². The summed E-state index contributed by atoms with van der Waals surface area (Å²) in [5.41, 5.74) is 4.80. The first-order chi connectivity index (χ1) is 13.2. The normalized spacial score (nSPS) is 11.8. The highest BCUT2D eigenvalue weighted by atomic mass is 16.5. The van der Waals surface area contributed by atoms with E-state index in [0.717, 1.165) is 30.0 Å². The maximum atomic E-state index is 5.51. The first-order valence-corrected chi connectivity index (χ1v) is 9.16. The number of nitrogens with zero attached hydrogens (tertiary/aromatic N) is 1. The van der Waals surface area contributed by atoms with Gasteiger partial charge in [0, 0.05) is 18.4 Å².